The van der Waals surface area contributed by atoms with Gasteiger partial charge in [-0.05, 0) is 40.3 Å². The van der Waals surface area contributed by atoms with E-state index in [0.717, 1.165) is 22.3 Å². The molecule has 0 aliphatic carbocycles. The smallest absolute Gasteiger partial charge is 0.411 e. The van der Waals surface area contributed by atoms with Gasteiger partial charge in [0.2, 0.25) is 5.91 Å². The Morgan fingerprint density at radius 2 is 1.59 bits per heavy atom. The highest BCUT2D eigenvalue weighted by molar-refractivity contribution is 5.87. The zero-order chi connectivity index (χ0) is 27.9. The second-order valence-electron chi connectivity index (χ2n) is 9.93. The van der Waals surface area contributed by atoms with Gasteiger partial charge in [-0.2, -0.15) is 0 Å². The van der Waals surface area contributed by atoms with Gasteiger partial charge < -0.3 is 24.6 Å². The molecule has 39 heavy (non-hydrogen) atoms. The third kappa shape index (κ3) is 6.17. The first-order valence-electron chi connectivity index (χ1n) is 13.1. The molecule has 0 saturated carbocycles. The molecule has 8 heteroatoms. The van der Waals surface area contributed by atoms with Crippen LogP contribution in [0.1, 0.15) is 42.1 Å². The lowest BCUT2D eigenvalue weighted by molar-refractivity contribution is -0.128. The minimum absolute atomic E-state index is 0.00239. The third-order valence-corrected chi connectivity index (χ3v) is 7.13. The van der Waals surface area contributed by atoms with Gasteiger partial charge in [0, 0.05) is 6.42 Å². The molecule has 3 aromatic carbocycles. The monoisotopic (exact) mass is 532 g/mol. The van der Waals surface area contributed by atoms with Crippen molar-refractivity contribution in [1.82, 2.24) is 10.2 Å². The first-order chi connectivity index (χ1) is 18.9. The molecular weight excluding hydrogens is 496 g/mol. The van der Waals surface area contributed by atoms with Gasteiger partial charge in [0.25, 0.3) is 0 Å². The number of benzene rings is 3. The molecule has 0 unspecified atom stereocenters. The molecule has 8 nitrogen and oxygen atoms in total. The number of rotatable bonds is 9. The lowest BCUT2D eigenvalue weighted by Gasteiger charge is -2.42. The zero-order valence-corrected chi connectivity index (χ0v) is 22.8. The molecule has 4 rings (SSSR count). The number of hydrogen-bond acceptors (Lipinski definition) is 6. The Kier molecular flexibility index (Phi) is 9.09. The maximum Gasteiger partial charge on any atom is 0.411 e. The summed E-state index contributed by atoms with van der Waals surface area (Å²) in [7, 11) is 3.13. The van der Waals surface area contributed by atoms with Gasteiger partial charge in [-0.25, -0.2) is 4.79 Å². The van der Waals surface area contributed by atoms with Gasteiger partial charge in [-0.15, -0.1) is 0 Å². The van der Waals surface area contributed by atoms with Crippen LogP contribution in [0.15, 0.2) is 72.8 Å². The van der Waals surface area contributed by atoms with E-state index in [1.54, 1.807) is 14.2 Å². The van der Waals surface area contributed by atoms with E-state index in [0.29, 0.717) is 11.5 Å². The molecule has 2 N–H and O–H groups in total. The first kappa shape index (κ1) is 28.0. The van der Waals surface area contributed by atoms with Gasteiger partial charge in [-0.1, -0.05) is 74.5 Å². The maximum absolute atomic E-state index is 13.9. The molecule has 1 aliphatic heterocycles. The largest absolute Gasteiger partial charge is 0.493 e. The van der Waals surface area contributed by atoms with E-state index in [2.05, 4.69) is 5.32 Å². The van der Waals surface area contributed by atoms with Crippen molar-refractivity contribution in [2.75, 3.05) is 20.8 Å². The number of carbonyl (C=O) groups is 2. The summed E-state index contributed by atoms with van der Waals surface area (Å²) < 4.78 is 16.9. The summed E-state index contributed by atoms with van der Waals surface area (Å²) >= 11 is 0. The topological polar surface area (TPSA) is 97.3 Å². The predicted octanol–water partition coefficient (Wildman–Crippen LogP) is 4.49. The van der Waals surface area contributed by atoms with Crippen molar-refractivity contribution in [3.63, 3.8) is 0 Å². The van der Waals surface area contributed by atoms with Gasteiger partial charge in [0.05, 0.1) is 32.9 Å². The molecule has 0 fully saturated rings. The molecule has 0 radical (unpaired) electrons. The summed E-state index contributed by atoms with van der Waals surface area (Å²) in [6.07, 6.45) is -0.375. The van der Waals surface area contributed by atoms with Gasteiger partial charge in [0.1, 0.15) is 12.6 Å². The van der Waals surface area contributed by atoms with Crippen LogP contribution in [0.25, 0.3) is 0 Å². The molecule has 3 aromatic rings. The van der Waals surface area contributed by atoms with E-state index in [1.807, 2.05) is 86.6 Å². The Balaban J connectivity index is 1.82. The highest BCUT2D eigenvalue weighted by Gasteiger charge is 2.44. The quantitative estimate of drug-likeness (QED) is 0.422. The predicted molar refractivity (Wildman–Crippen MR) is 148 cm³/mol. The molecule has 2 amide bonds. The van der Waals surface area contributed by atoms with Crippen molar-refractivity contribution in [2.24, 2.45) is 5.92 Å². The van der Waals surface area contributed by atoms with Crippen LogP contribution in [0.2, 0.25) is 0 Å². The van der Waals surface area contributed by atoms with E-state index in [1.165, 1.54) is 4.90 Å². The lowest BCUT2D eigenvalue weighted by Crippen LogP contribution is -2.57. The number of nitrogens with one attached hydrogen (secondary N) is 1. The third-order valence-electron chi connectivity index (χ3n) is 7.13. The van der Waals surface area contributed by atoms with Crippen molar-refractivity contribution in [2.45, 2.75) is 45.0 Å². The average Bonchev–Trinajstić information content (AvgIpc) is 2.97. The summed E-state index contributed by atoms with van der Waals surface area (Å²) in [6, 6.07) is 20.7. The Morgan fingerprint density at radius 1 is 0.974 bits per heavy atom. The number of nitrogens with zero attached hydrogens (tertiary/aromatic N) is 1. The number of hydrogen-bond donors (Lipinski definition) is 2. The Bertz CT molecular complexity index is 1260. The normalized spacial score (nSPS) is 17.2. The lowest BCUT2D eigenvalue weighted by atomic mass is 9.84. The minimum atomic E-state index is -0.892. The number of aliphatic hydroxyl groups is 1. The Labute approximate surface area is 229 Å². The van der Waals surface area contributed by atoms with Crippen LogP contribution >= 0.6 is 0 Å². The molecule has 0 saturated heterocycles. The van der Waals surface area contributed by atoms with E-state index in [9.17, 15) is 14.7 Å². The fourth-order valence-electron chi connectivity index (χ4n) is 4.93. The highest BCUT2D eigenvalue weighted by atomic mass is 16.6. The highest BCUT2D eigenvalue weighted by Crippen LogP contribution is 2.43. The van der Waals surface area contributed by atoms with E-state index in [-0.39, 0.29) is 31.5 Å². The zero-order valence-electron chi connectivity index (χ0n) is 22.8. The average molecular weight is 533 g/mol. The molecule has 1 aliphatic rings. The second kappa shape index (κ2) is 12.7. The molecule has 1 heterocycles. The van der Waals surface area contributed by atoms with Crippen LogP contribution < -0.4 is 14.8 Å². The van der Waals surface area contributed by atoms with E-state index < -0.39 is 24.2 Å². The number of fused-ring (bicyclic) bond motifs is 1. The molecule has 0 spiro atoms. The van der Waals surface area contributed by atoms with Crippen LogP contribution in [-0.2, 0) is 22.6 Å². The summed E-state index contributed by atoms with van der Waals surface area (Å²) in [5.41, 5.74) is 3.34. The standard InChI is InChI=1S/C31H36N2O6/c1-20(2)25(18-34)32-30(35)26-15-23-16-27(37-3)28(38-4)17-24(23)29(22-13-9-6-10-14-22)33(26)31(36)39-19-21-11-7-5-8-12-21/h5-14,16-17,20,25-26,29,34H,15,18-19H2,1-4H3,(H,32,35)/t25-,26+,29-/m1/s1. The number of amides is 2. The van der Waals surface area contributed by atoms with Crippen LogP contribution in [-0.4, -0.2) is 54.9 Å². The number of aliphatic hydroxyl groups excluding tert-OH is 1. The fraction of sp³-hybridized carbons (Fsp3) is 0.355. The van der Waals surface area contributed by atoms with Crippen LogP contribution in [0.4, 0.5) is 4.79 Å². The van der Waals surface area contributed by atoms with E-state index >= 15 is 0 Å². The second-order valence-corrected chi connectivity index (χ2v) is 9.93. The van der Waals surface area contributed by atoms with Gasteiger partial charge in [0.15, 0.2) is 11.5 Å². The SMILES string of the molecule is COc1cc2c(cc1OC)[C@@H](c1ccccc1)N(C(=O)OCc1ccccc1)[C@H](C(=O)N[C@H](CO)C(C)C)C2. The van der Waals surface area contributed by atoms with E-state index in [4.69, 9.17) is 14.2 Å². The summed E-state index contributed by atoms with van der Waals surface area (Å²) in [6.45, 7) is 3.70. The summed E-state index contributed by atoms with van der Waals surface area (Å²) in [5, 5.41) is 12.8. The summed E-state index contributed by atoms with van der Waals surface area (Å²) in [5.74, 6) is 0.707. The van der Waals surface area contributed by atoms with Gasteiger partial charge >= 0.3 is 6.09 Å². The first-order valence-corrected chi connectivity index (χ1v) is 13.1. The van der Waals surface area contributed by atoms with Crippen LogP contribution in [0.5, 0.6) is 11.5 Å². The molecule has 0 aromatic heterocycles. The van der Waals surface area contributed by atoms with Gasteiger partial charge in [-0.3, -0.25) is 9.69 Å². The Hall–Kier alpha value is -4.04. The molecule has 206 valence electrons. The maximum atomic E-state index is 13.9. The molecular formula is C31H36N2O6. The minimum Gasteiger partial charge on any atom is -0.493 e. The number of methoxy groups -OCH3 is 2. The van der Waals surface area contributed by atoms with Crippen LogP contribution in [0.3, 0.4) is 0 Å². The molecule has 3 atom stereocenters. The van der Waals surface area contributed by atoms with Crippen molar-refractivity contribution in [1.29, 1.82) is 0 Å². The Morgan fingerprint density at radius 3 is 2.18 bits per heavy atom. The summed E-state index contributed by atoms with van der Waals surface area (Å²) in [4.78, 5) is 29.2. The van der Waals surface area contributed by atoms with Crippen molar-refractivity contribution >= 4 is 12.0 Å². The number of carbonyl (C=O) groups excluding carboxylic acids is 2. The van der Waals surface area contributed by atoms with Crippen LogP contribution in [0, 0.1) is 5.92 Å². The molecule has 0 bridgehead atoms. The number of ether oxygens (including phenoxy) is 3. The van der Waals surface area contributed by atoms with Crippen molar-refractivity contribution in [3.05, 3.63) is 95.1 Å². The van der Waals surface area contributed by atoms with Crippen molar-refractivity contribution < 1.29 is 28.9 Å². The fourth-order valence-corrected chi connectivity index (χ4v) is 4.93. The van der Waals surface area contributed by atoms with Crippen molar-refractivity contribution in [3.8, 4) is 11.5 Å².